The molecule has 0 saturated carbocycles. The summed E-state index contributed by atoms with van der Waals surface area (Å²) >= 11 is 0. The number of carbonyl (C=O) groups is 1. The highest BCUT2D eigenvalue weighted by molar-refractivity contribution is 6.10. The maximum Gasteiger partial charge on any atom is 0.336 e. The maximum absolute atomic E-state index is 12.2. The van der Waals surface area contributed by atoms with E-state index in [2.05, 4.69) is 0 Å². The van der Waals surface area contributed by atoms with Crippen molar-refractivity contribution >= 4 is 22.3 Å². The van der Waals surface area contributed by atoms with E-state index < -0.39 is 0 Å². The Morgan fingerprint density at radius 3 is 2.52 bits per heavy atom. The van der Waals surface area contributed by atoms with E-state index in [4.69, 9.17) is 9.47 Å². The SMILES string of the molecule is COc1ccc2c3c(cccc13)OC(=O)C=C2c1ccccc1. The number of benzene rings is 3. The molecule has 0 amide bonds. The van der Waals surface area contributed by atoms with Crippen molar-refractivity contribution in [1.82, 2.24) is 0 Å². The molecule has 23 heavy (non-hydrogen) atoms. The van der Waals surface area contributed by atoms with Gasteiger partial charge in [0.1, 0.15) is 11.5 Å². The lowest BCUT2D eigenvalue weighted by atomic mass is 9.92. The topological polar surface area (TPSA) is 35.5 Å². The number of methoxy groups -OCH3 is 1. The van der Waals surface area contributed by atoms with E-state index >= 15 is 0 Å². The van der Waals surface area contributed by atoms with Gasteiger partial charge in [0.15, 0.2) is 0 Å². The van der Waals surface area contributed by atoms with E-state index in [1.54, 1.807) is 13.2 Å². The van der Waals surface area contributed by atoms with Gasteiger partial charge in [-0.25, -0.2) is 4.79 Å². The molecule has 3 aromatic rings. The Balaban J connectivity index is 2.09. The zero-order chi connectivity index (χ0) is 15.8. The van der Waals surface area contributed by atoms with Crippen LogP contribution in [-0.2, 0) is 4.79 Å². The van der Waals surface area contributed by atoms with Crippen molar-refractivity contribution in [3.05, 3.63) is 77.9 Å². The van der Waals surface area contributed by atoms with Gasteiger partial charge in [0.2, 0.25) is 0 Å². The number of esters is 1. The van der Waals surface area contributed by atoms with Gasteiger partial charge in [-0.3, -0.25) is 0 Å². The van der Waals surface area contributed by atoms with Crippen LogP contribution in [-0.4, -0.2) is 13.1 Å². The van der Waals surface area contributed by atoms with E-state index in [9.17, 15) is 4.79 Å². The molecule has 1 aliphatic heterocycles. The van der Waals surface area contributed by atoms with E-state index in [-0.39, 0.29) is 5.97 Å². The van der Waals surface area contributed by atoms with Crippen molar-refractivity contribution in [2.24, 2.45) is 0 Å². The van der Waals surface area contributed by atoms with Crippen LogP contribution in [0.25, 0.3) is 16.3 Å². The fourth-order valence-electron chi connectivity index (χ4n) is 3.02. The first-order valence-corrected chi connectivity index (χ1v) is 7.37. The molecule has 4 rings (SSSR count). The fraction of sp³-hybridized carbons (Fsp3) is 0.0500. The second-order valence-corrected chi connectivity index (χ2v) is 5.34. The van der Waals surface area contributed by atoms with Crippen molar-refractivity contribution in [1.29, 1.82) is 0 Å². The third kappa shape index (κ3) is 2.18. The molecular weight excluding hydrogens is 288 g/mol. The highest BCUT2D eigenvalue weighted by Gasteiger charge is 2.21. The Kier molecular flexibility index (Phi) is 3.12. The highest BCUT2D eigenvalue weighted by atomic mass is 16.5. The van der Waals surface area contributed by atoms with Gasteiger partial charge in [-0.05, 0) is 34.9 Å². The lowest BCUT2D eigenvalue weighted by Gasteiger charge is -2.13. The van der Waals surface area contributed by atoms with Gasteiger partial charge in [-0.15, -0.1) is 0 Å². The first-order chi connectivity index (χ1) is 11.3. The largest absolute Gasteiger partial charge is 0.496 e. The Morgan fingerprint density at radius 2 is 1.74 bits per heavy atom. The van der Waals surface area contributed by atoms with Crippen LogP contribution in [0.5, 0.6) is 11.5 Å². The van der Waals surface area contributed by atoms with Gasteiger partial charge in [0.05, 0.1) is 7.11 Å². The van der Waals surface area contributed by atoms with E-state index in [1.807, 2.05) is 60.7 Å². The molecule has 0 fully saturated rings. The van der Waals surface area contributed by atoms with E-state index in [0.717, 1.165) is 33.2 Å². The van der Waals surface area contributed by atoms with Crippen LogP contribution in [0.2, 0.25) is 0 Å². The summed E-state index contributed by atoms with van der Waals surface area (Å²) in [5.74, 6) is 0.950. The number of hydrogen-bond donors (Lipinski definition) is 0. The molecule has 3 aromatic carbocycles. The smallest absolute Gasteiger partial charge is 0.336 e. The molecule has 112 valence electrons. The van der Waals surface area contributed by atoms with Gasteiger partial charge in [-0.1, -0.05) is 42.5 Å². The molecule has 0 spiro atoms. The molecular formula is C20H14O3. The van der Waals surface area contributed by atoms with Gasteiger partial charge in [-0.2, -0.15) is 0 Å². The fourth-order valence-corrected chi connectivity index (χ4v) is 3.02. The highest BCUT2D eigenvalue weighted by Crippen LogP contribution is 2.41. The summed E-state index contributed by atoms with van der Waals surface area (Å²) in [6, 6.07) is 19.4. The molecule has 1 heterocycles. The van der Waals surface area contributed by atoms with Crippen molar-refractivity contribution < 1.29 is 14.3 Å². The summed E-state index contributed by atoms with van der Waals surface area (Å²) in [6.07, 6.45) is 1.55. The summed E-state index contributed by atoms with van der Waals surface area (Å²) in [5, 5.41) is 1.83. The average molecular weight is 302 g/mol. The van der Waals surface area contributed by atoms with Crippen molar-refractivity contribution in [3.63, 3.8) is 0 Å². The van der Waals surface area contributed by atoms with Crippen molar-refractivity contribution in [2.45, 2.75) is 0 Å². The zero-order valence-electron chi connectivity index (χ0n) is 12.6. The lowest BCUT2D eigenvalue weighted by molar-refractivity contribution is -0.128. The van der Waals surface area contributed by atoms with Crippen LogP contribution in [0.3, 0.4) is 0 Å². The van der Waals surface area contributed by atoms with Gasteiger partial charge in [0, 0.05) is 16.8 Å². The van der Waals surface area contributed by atoms with Crippen LogP contribution >= 0.6 is 0 Å². The molecule has 0 bridgehead atoms. The summed E-state index contributed by atoms with van der Waals surface area (Å²) < 4.78 is 11.0. The minimum atomic E-state index is -0.369. The zero-order valence-corrected chi connectivity index (χ0v) is 12.6. The Labute approximate surface area is 133 Å². The Bertz CT molecular complexity index is 940. The summed E-state index contributed by atoms with van der Waals surface area (Å²) in [7, 11) is 1.64. The first-order valence-electron chi connectivity index (χ1n) is 7.37. The summed E-state index contributed by atoms with van der Waals surface area (Å²) in [6.45, 7) is 0. The molecule has 0 aromatic heterocycles. The quantitative estimate of drug-likeness (QED) is 0.526. The predicted molar refractivity (Wildman–Crippen MR) is 89.7 cm³/mol. The van der Waals surface area contributed by atoms with Crippen molar-refractivity contribution in [2.75, 3.05) is 7.11 Å². The molecule has 3 heteroatoms. The molecule has 0 saturated heterocycles. The lowest BCUT2D eigenvalue weighted by Crippen LogP contribution is -2.03. The molecule has 0 radical (unpaired) electrons. The molecule has 0 unspecified atom stereocenters. The third-order valence-electron chi connectivity index (χ3n) is 4.03. The minimum absolute atomic E-state index is 0.369. The monoisotopic (exact) mass is 302 g/mol. The standard InChI is InChI=1S/C20H14O3/c1-22-17-11-10-14-16(13-6-3-2-4-7-13)12-19(21)23-18-9-5-8-15(17)20(14)18/h2-12H,1H3. The normalized spacial score (nSPS) is 13.3. The summed E-state index contributed by atoms with van der Waals surface area (Å²) in [4.78, 5) is 12.2. The van der Waals surface area contributed by atoms with Gasteiger partial charge in [0.25, 0.3) is 0 Å². The average Bonchev–Trinajstić information content (AvgIpc) is 2.74. The second-order valence-electron chi connectivity index (χ2n) is 5.34. The summed E-state index contributed by atoms with van der Waals surface area (Å²) in [5.41, 5.74) is 2.80. The first kappa shape index (κ1) is 13.6. The van der Waals surface area contributed by atoms with Gasteiger partial charge < -0.3 is 9.47 Å². The van der Waals surface area contributed by atoms with Crippen LogP contribution in [0, 0.1) is 0 Å². The van der Waals surface area contributed by atoms with Crippen LogP contribution in [0.15, 0.2) is 66.7 Å². The molecule has 3 nitrogen and oxygen atoms in total. The molecule has 0 N–H and O–H groups in total. The third-order valence-corrected chi connectivity index (χ3v) is 4.03. The predicted octanol–water partition coefficient (Wildman–Crippen LogP) is 4.20. The van der Waals surface area contributed by atoms with Crippen LogP contribution in [0.1, 0.15) is 11.1 Å². The second kappa shape index (κ2) is 5.29. The van der Waals surface area contributed by atoms with E-state index in [1.165, 1.54) is 0 Å². The molecule has 0 aliphatic carbocycles. The number of ether oxygens (including phenoxy) is 2. The van der Waals surface area contributed by atoms with Crippen LogP contribution < -0.4 is 9.47 Å². The van der Waals surface area contributed by atoms with E-state index in [0.29, 0.717) is 5.75 Å². The Morgan fingerprint density at radius 1 is 0.913 bits per heavy atom. The minimum Gasteiger partial charge on any atom is -0.496 e. The van der Waals surface area contributed by atoms with Crippen LogP contribution in [0.4, 0.5) is 0 Å². The van der Waals surface area contributed by atoms with Crippen molar-refractivity contribution in [3.8, 4) is 11.5 Å². The van der Waals surface area contributed by atoms with Gasteiger partial charge >= 0.3 is 5.97 Å². The number of carbonyl (C=O) groups excluding carboxylic acids is 1. The maximum atomic E-state index is 12.2. The molecule has 1 aliphatic rings. The Hall–Kier alpha value is -3.07. The molecule has 0 atom stereocenters. The number of rotatable bonds is 2. The number of hydrogen-bond acceptors (Lipinski definition) is 3.